The van der Waals surface area contributed by atoms with Crippen LogP contribution in [0.25, 0.3) is 0 Å². The Hall–Kier alpha value is -1.70. The molecule has 2 nitrogen and oxygen atoms in total. The van der Waals surface area contributed by atoms with Crippen LogP contribution in [0.3, 0.4) is 0 Å². The number of nitrogens with zero attached hydrogens (tertiary/aromatic N) is 1. The minimum Gasteiger partial charge on any atom is -0.496 e. The van der Waals surface area contributed by atoms with Crippen molar-refractivity contribution in [2.45, 2.75) is 19.0 Å². The predicted molar refractivity (Wildman–Crippen MR) is 51.9 cm³/mol. The van der Waals surface area contributed by atoms with Gasteiger partial charge < -0.3 is 4.74 Å². The summed E-state index contributed by atoms with van der Waals surface area (Å²) in [6, 6.07) is 5.15. The number of rotatable bonds is 3. The molecule has 0 radical (unpaired) electrons. The molecule has 0 spiro atoms. The van der Waals surface area contributed by atoms with E-state index in [0.717, 1.165) is 12.1 Å². The van der Waals surface area contributed by atoms with Gasteiger partial charge in [-0.05, 0) is 30.2 Å². The van der Waals surface area contributed by atoms with Crippen LogP contribution >= 0.6 is 0 Å². The van der Waals surface area contributed by atoms with Crippen LogP contribution < -0.4 is 4.74 Å². The Balaban J connectivity index is 3.07. The number of aryl methyl sites for hydroxylation is 1. The van der Waals surface area contributed by atoms with Crippen molar-refractivity contribution in [1.82, 2.24) is 0 Å². The maximum Gasteiger partial charge on any atom is 0.416 e. The van der Waals surface area contributed by atoms with Gasteiger partial charge in [-0.1, -0.05) is 0 Å². The van der Waals surface area contributed by atoms with Crippen LogP contribution in [0.4, 0.5) is 13.2 Å². The van der Waals surface area contributed by atoms with Crippen molar-refractivity contribution >= 4 is 0 Å². The van der Waals surface area contributed by atoms with Gasteiger partial charge in [0.05, 0.1) is 18.7 Å². The maximum atomic E-state index is 12.4. The zero-order chi connectivity index (χ0) is 12.2. The predicted octanol–water partition coefficient (Wildman–Crippen LogP) is 3.17. The van der Waals surface area contributed by atoms with Gasteiger partial charge in [0.2, 0.25) is 0 Å². The van der Waals surface area contributed by atoms with Crippen molar-refractivity contribution in [2.24, 2.45) is 0 Å². The number of benzene rings is 1. The standard InChI is InChI=1S/C11H10F3NO/c1-16-10-5-4-9(11(12,13)14)7-8(10)3-2-6-15/h4-5,7H,2-3H2,1H3. The van der Waals surface area contributed by atoms with Crippen LogP contribution in [0.5, 0.6) is 5.75 Å². The van der Waals surface area contributed by atoms with E-state index in [2.05, 4.69) is 0 Å². The van der Waals surface area contributed by atoms with Crippen LogP contribution in [-0.4, -0.2) is 7.11 Å². The quantitative estimate of drug-likeness (QED) is 0.797. The van der Waals surface area contributed by atoms with Gasteiger partial charge in [0.15, 0.2) is 0 Å². The van der Waals surface area contributed by atoms with Gasteiger partial charge in [-0.15, -0.1) is 0 Å². The number of methoxy groups -OCH3 is 1. The summed E-state index contributed by atoms with van der Waals surface area (Å²) < 4.78 is 42.2. The van der Waals surface area contributed by atoms with Crippen LogP contribution in [0.15, 0.2) is 18.2 Å². The first-order valence-corrected chi connectivity index (χ1v) is 4.60. The highest BCUT2D eigenvalue weighted by Crippen LogP contribution is 2.32. The number of nitriles is 1. The highest BCUT2D eigenvalue weighted by molar-refractivity contribution is 5.38. The third-order valence-electron chi connectivity index (χ3n) is 2.11. The minimum atomic E-state index is -4.37. The summed E-state index contributed by atoms with van der Waals surface area (Å²) >= 11 is 0. The number of halogens is 3. The summed E-state index contributed by atoms with van der Waals surface area (Å²) in [5.41, 5.74) is -0.319. The second-order valence-electron chi connectivity index (χ2n) is 3.18. The fourth-order valence-electron chi connectivity index (χ4n) is 1.34. The van der Waals surface area contributed by atoms with E-state index in [1.807, 2.05) is 6.07 Å². The molecule has 0 heterocycles. The first kappa shape index (κ1) is 12.4. The molecule has 0 aromatic heterocycles. The molecule has 5 heteroatoms. The Kier molecular flexibility index (Phi) is 3.78. The molecule has 0 aliphatic carbocycles. The van der Waals surface area contributed by atoms with E-state index in [1.165, 1.54) is 13.2 Å². The lowest BCUT2D eigenvalue weighted by atomic mass is 10.1. The Bertz CT molecular complexity index is 407. The van der Waals surface area contributed by atoms with Gasteiger partial charge in [-0.25, -0.2) is 0 Å². The van der Waals surface area contributed by atoms with Gasteiger partial charge in [0.1, 0.15) is 5.75 Å². The summed E-state index contributed by atoms with van der Waals surface area (Å²) in [7, 11) is 1.39. The lowest BCUT2D eigenvalue weighted by Gasteiger charge is -2.11. The normalized spacial score (nSPS) is 10.9. The monoisotopic (exact) mass is 229 g/mol. The fraction of sp³-hybridized carbons (Fsp3) is 0.364. The molecule has 0 amide bonds. The Morgan fingerprint density at radius 3 is 2.56 bits per heavy atom. The molecule has 0 aliphatic rings. The van der Waals surface area contributed by atoms with Gasteiger partial charge in [0.25, 0.3) is 0 Å². The molecule has 0 aliphatic heterocycles. The Labute approximate surface area is 91.3 Å². The van der Waals surface area contributed by atoms with Crippen LogP contribution in [0.2, 0.25) is 0 Å². The molecule has 0 fully saturated rings. The third kappa shape index (κ3) is 2.89. The van der Waals surface area contributed by atoms with E-state index in [4.69, 9.17) is 10.00 Å². The first-order valence-electron chi connectivity index (χ1n) is 4.60. The van der Waals surface area contributed by atoms with Gasteiger partial charge in [-0.2, -0.15) is 18.4 Å². The lowest BCUT2D eigenvalue weighted by Crippen LogP contribution is -2.06. The molecule has 0 unspecified atom stereocenters. The SMILES string of the molecule is COc1ccc(C(F)(F)F)cc1CCC#N. The minimum absolute atomic E-state index is 0.164. The molecule has 1 aromatic rings. The van der Waals surface area contributed by atoms with E-state index in [0.29, 0.717) is 11.3 Å². The van der Waals surface area contributed by atoms with Gasteiger partial charge in [-0.3, -0.25) is 0 Å². The molecule has 0 saturated carbocycles. The van der Waals surface area contributed by atoms with Crippen molar-refractivity contribution < 1.29 is 17.9 Å². The van der Waals surface area contributed by atoms with Crippen LogP contribution in [-0.2, 0) is 12.6 Å². The van der Waals surface area contributed by atoms with Crippen molar-refractivity contribution in [3.8, 4) is 11.8 Å². The fourth-order valence-corrected chi connectivity index (χ4v) is 1.34. The number of alkyl halides is 3. The molecule has 0 bridgehead atoms. The average molecular weight is 229 g/mol. The number of ether oxygens (including phenoxy) is 1. The third-order valence-corrected chi connectivity index (χ3v) is 2.11. The van der Waals surface area contributed by atoms with Crippen LogP contribution in [0, 0.1) is 11.3 Å². The molecule has 0 saturated heterocycles. The van der Waals surface area contributed by atoms with E-state index >= 15 is 0 Å². The second-order valence-corrected chi connectivity index (χ2v) is 3.18. The highest BCUT2D eigenvalue weighted by Gasteiger charge is 2.30. The zero-order valence-electron chi connectivity index (χ0n) is 8.64. The summed E-state index contributed by atoms with van der Waals surface area (Å²) in [4.78, 5) is 0. The molecule has 16 heavy (non-hydrogen) atoms. The average Bonchev–Trinajstić information content (AvgIpc) is 2.24. The molecular weight excluding hydrogens is 219 g/mol. The molecule has 86 valence electrons. The number of hydrogen-bond acceptors (Lipinski definition) is 2. The summed E-state index contributed by atoms with van der Waals surface area (Å²) in [5.74, 6) is 0.378. The topological polar surface area (TPSA) is 33.0 Å². The van der Waals surface area contributed by atoms with Crippen molar-refractivity contribution in [3.63, 3.8) is 0 Å². The van der Waals surface area contributed by atoms with E-state index in [-0.39, 0.29) is 12.8 Å². The highest BCUT2D eigenvalue weighted by atomic mass is 19.4. The van der Waals surface area contributed by atoms with Crippen molar-refractivity contribution in [2.75, 3.05) is 7.11 Å². The molecule has 1 rings (SSSR count). The molecule has 1 aromatic carbocycles. The van der Waals surface area contributed by atoms with Crippen molar-refractivity contribution in [1.29, 1.82) is 5.26 Å². The Morgan fingerprint density at radius 1 is 1.38 bits per heavy atom. The van der Waals surface area contributed by atoms with E-state index in [9.17, 15) is 13.2 Å². The van der Waals surface area contributed by atoms with Crippen molar-refractivity contribution in [3.05, 3.63) is 29.3 Å². The summed E-state index contributed by atoms with van der Waals surface area (Å²) in [5, 5.41) is 8.41. The second kappa shape index (κ2) is 4.88. The smallest absolute Gasteiger partial charge is 0.416 e. The maximum absolute atomic E-state index is 12.4. The Morgan fingerprint density at radius 2 is 2.06 bits per heavy atom. The molecule has 0 atom stereocenters. The zero-order valence-corrected chi connectivity index (χ0v) is 8.64. The van der Waals surface area contributed by atoms with E-state index in [1.54, 1.807) is 0 Å². The van der Waals surface area contributed by atoms with Gasteiger partial charge >= 0.3 is 6.18 Å². The van der Waals surface area contributed by atoms with Gasteiger partial charge in [0, 0.05) is 6.42 Å². The summed E-state index contributed by atoms with van der Waals surface area (Å²) in [6.45, 7) is 0. The molecule has 0 N–H and O–H groups in total. The number of hydrogen-bond donors (Lipinski definition) is 0. The van der Waals surface area contributed by atoms with E-state index < -0.39 is 11.7 Å². The summed E-state index contributed by atoms with van der Waals surface area (Å²) in [6.07, 6.45) is -3.95. The lowest BCUT2D eigenvalue weighted by molar-refractivity contribution is -0.137. The largest absolute Gasteiger partial charge is 0.496 e. The van der Waals surface area contributed by atoms with Crippen LogP contribution in [0.1, 0.15) is 17.5 Å². The first-order chi connectivity index (χ1) is 7.49. The molecular formula is C11H10F3NO.